The number of rotatable bonds is 4. The molecule has 0 saturated heterocycles. The van der Waals surface area contributed by atoms with Gasteiger partial charge in [0.2, 0.25) is 0 Å². The summed E-state index contributed by atoms with van der Waals surface area (Å²) in [6.07, 6.45) is -0.0310. The van der Waals surface area contributed by atoms with E-state index in [4.69, 9.17) is 10.5 Å². The SMILES string of the molecule is CC(C)(CC(C)(C)c1ccc(Br)cc1)OC(N)=O. The van der Waals surface area contributed by atoms with Crippen LogP contribution in [0.4, 0.5) is 4.79 Å². The molecule has 1 rings (SSSR count). The van der Waals surface area contributed by atoms with Crippen LogP contribution in [0.3, 0.4) is 0 Å². The van der Waals surface area contributed by atoms with Gasteiger partial charge in [0.25, 0.3) is 0 Å². The minimum absolute atomic E-state index is 0.0976. The predicted octanol–water partition coefficient (Wildman–Crippen LogP) is 3.99. The minimum Gasteiger partial charge on any atom is -0.444 e. The average Bonchev–Trinajstić information content (AvgIpc) is 2.13. The van der Waals surface area contributed by atoms with Crippen LogP contribution in [-0.4, -0.2) is 11.7 Å². The fourth-order valence-corrected chi connectivity index (χ4v) is 2.64. The third kappa shape index (κ3) is 4.33. The maximum atomic E-state index is 10.9. The number of amides is 1. The Morgan fingerprint density at radius 1 is 1.22 bits per heavy atom. The molecular formula is C14H20BrNO2. The van der Waals surface area contributed by atoms with Crippen molar-refractivity contribution in [1.82, 2.24) is 0 Å². The second-order valence-electron chi connectivity index (χ2n) is 5.75. The van der Waals surface area contributed by atoms with Crippen molar-refractivity contribution in [3.63, 3.8) is 0 Å². The standard InChI is InChI=1S/C14H20BrNO2/c1-13(2,9-14(3,4)18-12(16)17)10-5-7-11(15)8-6-10/h5-8H,9H2,1-4H3,(H2,16,17). The van der Waals surface area contributed by atoms with E-state index in [0.29, 0.717) is 6.42 Å². The van der Waals surface area contributed by atoms with Crippen molar-refractivity contribution in [3.8, 4) is 0 Å². The fourth-order valence-electron chi connectivity index (χ4n) is 2.38. The Balaban J connectivity index is 2.87. The summed E-state index contributed by atoms with van der Waals surface area (Å²) in [7, 11) is 0. The Morgan fingerprint density at radius 2 is 1.72 bits per heavy atom. The van der Waals surface area contributed by atoms with Gasteiger partial charge in [-0.3, -0.25) is 0 Å². The molecule has 0 aromatic heterocycles. The van der Waals surface area contributed by atoms with E-state index < -0.39 is 11.7 Å². The van der Waals surface area contributed by atoms with Gasteiger partial charge in [-0.1, -0.05) is 41.9 Å². The van der Waals surface area contributed by atoms with E-state index in [1.807, 2.05) is 26.0 Å². The van der Waals surface area contributed by atoms with Crippen LogP contribution in [0.1, 0.15) is 39.7 Å². The maximum absolute atomic E-state index is 10.9. The molecule has 18 heavy (non-hydrogen) atoms. The van der Waals surface area contributed by atoms with Crippen LogP contribution in [0, 0.1) is 0 Å². The van der Waals surface area contributed by atoms with Crippen LogP contribution in [0.5, 0.6) is 0 Å². The molecule has 1 amide bonds. The number of benzene rings is 1. The van der Waals surface area contributed by atoms with Crippen LogP contribution >= 0.6 is 15.9 Å². The van der Waals surface area contributed by atoms with E-state index in [1.54, 1.807) is 0 Å². The smallest absolute Gasteiger partial charge is 0.405 e. The van der Waals surface area contributed by atoms with E-state index in [-0.39, 0.29) is 5.41 Å². The van der Waals surface area contributed by atoms with Gasteiger partial charge in [0.1, 0.15) is 5.60 Å². The highest BCUT2D eigenvalue weighted by atomic mass is 79.9. The second-order valence-corrected chi connectivity index (χ2v) is 6.66. The van der Waals surface area contributed by atoms with Gasteiger partial charge in [-0.2, -0.15) is 0 Å². The van der Waals surface area contributed by atoms with E-state index in [1.165, 1.54) is 5.56 Å². The van der Waals surface area contributed by atoms with Crippen molar-refractivity contribution in [2.45, 2.75) is 45.1 Å². The van der Waals surface area contributed by atoms with Crippen molar-refractivity contribution in [2.75, 3.05) is 0 Å². The van der Waals surface area contributed by atoms with Crippen LogP contribution in [0.25, 0.3) is 0 Å². The lowest BCUT2D eigenvalue weighted by atomic mass is 9.76. The Bertz CT molecular complexity index is 424. The molecule has 0 spiro atoms. The van der Waals surface area contributed by atoms with Gasteiger partial charge >= 0.3 is 6.09 Å². The topological polar surface area (TPSA) is 52.3 Å². The number of nitrogens with two attached hydrogens (primary N) is 1. The van der Waals surface area contributed by atoms with Crippen LogP contribution in [0.15, 0.2) is 28.7 Å². The molecule has 0 radical (unpaired) electrons. The normalized spacial score (nSPS) is 12.3. The summed E-state index contributed by atoms with van der Waals surface area (Å²) in [6.45, 7) is 8.00. The van der Waals surface area contributed by atoms with E-state index in [9.17, 15) is 4.79 Å². The first kappa shape index (κ1) is 15.0. The predicted molar refractivity (Wildman–Crippen MR) is 76.5 cm³/mol. The highest BCUT2D eigenvalue weighted by Gasteiger charge is 2.32. The number of halogens is 1. The van der Waals surface area contributed by atoms with Crippen LogP contribution < -0.4 is 5.73 Å². The van der Waals surface area contributed by atoms with Crippen molar-refractivity contribution in [1.29, 1.82) is 0 Å². The third-order valence-corrected chi connectivity index (χ3v) is 3.40. The monoisotopic (exact) mass is 313 g/mol. The molecule has 0 atom stereocenters. The van der Waals surface area contributed by atoms with Gasteiger partial charge in [-0.25, -0.2) is 4.79 Å². The molecule has 0 unspecified atom stereocenters. The lowest BCUT2D eigenvalue weighted by Crippen LogP contribution is -2.37. The number of primary amides is 1. The highest BCUT2D eigenvalue weighted by Crippen LogP contribution is 2.34. The molecule has 0 aliphatic heterocycles. The summed E-state index contributed by atoms with van der Waals surface area (Å²) in [6, 6.07) is 8.17. The van der Waals surface area contributed by atoms with Gasteiger partial charge < -0.3 is 10.5 Å². The van der Waals surface area contributed by atoms with Gasteiger partial charge in [-0.15, -0.1) is 0 Å². The lowest BCUT2D eigenvalue weighted by Gasteiger charge is -2.34. The van der Waals surface area contributed by atoms with Crippen molar-refractivity contribution in [3.05, 3.63) is 34.3 Å². The molecule has 2 N–H and O–H groups in total. The molecule has 0 aliphatic rings. The number of ether oxygens (including phenoxy) is 1. The van der Waals surface area contributed by atoms with Crippen molar-refractivity contribution >= 4 is 22.0 Å². The Kier molecular flexibility index (Phi) is 4.43. The number of carbonyl (C=O) groups is 1. The molecule has 1 aromatic carbocycles. The van der Waals surface area contributed by atoms with Gasteiger partial charge in [-0.05, 0) is 43.4 Å². The summed E-state index contributed by atoms with van der Waals surface area (Å²) in [5, 5.41) is 0. The number of hydrogen-bond acceptors (Lipinski definition) is 2. The zero-order valence-electron chi connectivity index (χ0n) is 11.3. The molecule has 100 valence electrons. The first-order chi connectivity index (χ1) is 8.12. The molecule has 0 heterocycles. The average molecular weight is 314 g/mol. The van der Waals surface area contributed by atoms with Crippen LogP contribution in [0.2, 0.25) is 0 Å². The molecule has 0 aliphatic carbocycles. The number of hydrogen-bond donors (Lipinski definition) is 1. The first-order valence-electron chi connectivity index (χ1n) is 5.87. The molecule has 1 aromatic rings. The molecule has 3 nitrogen and oxygen atoms in total. The quantitative estimate of drug-likeness (QED) is 0.913. The zero-order valence-corrected chi connectivity index (χ0v) is 12.9. The molecule has 4 heteroatoms. The minimum atomic E-state index is -0.730. The maximum Gasteiger partial charge on any atom is 0.405 e. The largest absolute Gasteiger partial charge is 0.444 e. The van der Waals surface area contributed by atoms with Crippen molar-refractivity contribution < 1.29 is 9.53 Å². The third-order valence-electron chi connectivity index (χ3n) is 2.87. The Labute approximate surface area is 117 Å². The molecular weight excluding hydrogens is 294 g/mol. The van der Waals surface area contributed by atoms with E-state index >= 15 is 0 Å². The second kappa shape index (κ2) is 5.31. The summed E-state index contributed by atoms with van der Waals surface area (Å²) < 4.78 is 6.20. The van der Waals surface area contributed by atoms with E-state index in [0.717, 1.165) is 4.47 Å². The highest BCUT2D eigenvalue weighted by molar-refractivity contribution is 9.10. The zero-order chi connectivity index (χ0) is 14.0. The summed E-state index contributed by atoms with van der Waals surface area (Å²) >= 11 is 3.42. The van der Waals surface area contributed by atoms with E-state index in [2.05, 4.69) is 41.9 Å². The molecule has 0 saturated carbocycles. The van der Waals surface area contributed by atoms with Crippen LogP contribution in [-0.2, 0) is 10.2 Å². The Morgan fingerprint density at radius 3 is 2.17 bits per heavy atom. The summed E-state index contributed by atoms with van der Waals surface area (Å²) in [4.78, 5) is 10.9. The lowest BCUT2D eigenvalue weighted by molar-refractivity contribution is 0.0247. The van der Waals surface area contributed by atoms with Gasteiger partial charge in [0.05, 0.1) is 0 Å². The Hall–Kier alpha value is -1.03. The van der Waals surface area contributed by atoms with Gasteiger partial charge in [0.15, 0.2) is 0 Å². The summed E-state index contributed by atoms with van der Waals surface area (Å²) in [5.41, 5.74) is 5.61. The fraction of sp³-hybridized carbons (Fsp3) is 0.500. The summed E-state index contributed by atoms with van der Waals surface area (Å²) in [5.74, 6) is 0. The van der Waals surface area contributed by atoms with Gasteiger partial charge in [0, 0.05) is 4.47 Å². The molecule has 0 fully saturated rings. The first-order valence-corrected chi connectivity index (χ1v) is 6.66. The molecule has 0 bridgehead atoms. The van der Waals surface area contributed by atoms with Crippen molar-refractivity contribution in [2.24, 2.45) is 5.73 Å². The number of carbonyl (C=O) groups excluding carboxylic acids is 1.